The molecule has 0 aliphatic heterocycles. The summed E-state index contributed by atoms with van der Waals surface area (Å²) >= 11 is 0. The van der Waals surface area contributed by atoms with Gasteiger partial charge in [-0.25, -0.2) is 0 Å². The van der Waals surface area contributed by atoms with Gasteiger partial charge in [-0.05, 0) is 115 Å². The maximum atomic E-state index is 2.39. The molecule has 0 spiro atoms. The molecule has 0 atom stereocenters. The fraction of sp³-hybridized carbons (Fsp3) is 0. The summed E-state index contributed by atoms with van der Waals surface area (Å²) in [6.45, 7) is 0. The van der Waals surface area contributed by atoms with E-state index in [1.54, 1.807) is 0 Å². The molecule has 0 aliphatic rings. The molecule has 56 heavy (non-hydrogen) atoms. The van der Waals surface area contributed by atoms with Crippen molar-refractivity contribution in [3.05, 3.63) is 218 Å². The maximum absolute atomic E-state index is 2.39. The second kappa shape index (κ2) is 13.2. The summed E-state index contributed by atoms with van der Waals surface area (Å²) in [7, 11) is 0. The molecule has 2 heteroatoms. The SMILES string of the molecule is c1ccc(-c2cccc(N(c3ccc(-c4ccc(-n5c6ccccc6c6ccccc65)cc4)cc3)c3ccc4c5ccccc5c5ccccc5c4c3)c2)cc1. The zero-order valence-electron chi connectivity index (χ0n) is 30.7. The fourth-order valence-corrected chi connectivity index (χ4v) is 8.74. The Balaban J connectivity index is 1.02. The number of nitrogens with zero attached hydrogens (tertiary/aromatic N) is 2. The standard InChI is InChI=1S/C54H36N2/c1-2-13-37(14-3-1)40-15-12-16-43(35-40)55(44-33-34-49-47-19-5-4-17-45(47)46-18-6-7-20-48(46)52(49)36-44)41-29-25-38(26-30-41)39-27-31-42(32-28-39)56-53-23-10-8-21-50(53)51-22-9-11-24-54(51)56/h1-36H. The highest BCUT2D eigenvalue weighted by atomic mass is 15.1. The molecule has 11 rings (SSSR count). The maximum Gasteiger partial charge on any atom is 0.0541 e. The molecule has 0 N–H and O–H groups in total. The van der Waals surface area contributed by atoms with Gasteiger partial charge in [0, 0.05) is 33.5 Å². The van der Waals surface area contributed by atoms with E-state index in [2.05, 4.69) is 228 Å². The second-order valence-electron chi connectivity index (χ2n) is 14.5. The zero-order valence-corrected chi connectivity index (χ0v) is 30.7. The van der Waals surface area contributed by atoms with Gasteiger partial charge < -0.3 is 9.47 Å². The third kappa shape index (κ3) is 5.26. The first-order chi connectivity index (χ1) is 27.8. The lowest BCUT2D eigenvalue weighted by molar-refractivity contribution is 1.18. The number of fused-ring (bicyclic) bond motifs is 9. The highest BCUT2D eigenvalue weighted by Crippen LogP contribution is 2.42. The normalized spacial score (nSPS) is 11.6. The summed E-state index contributed by atoms with van der Waals surface area (Å²) in [6.07, 6.45) is 0. The van der Waals surface area contributed by atoms with E-state index in [4.69, 9.17) is 0 Å². The van der Waals surface area contributed by atoms with Crippen LogP contribution in [-0.4, -0.2) is 4.57 Å². The molecule has 262 valence electrons. The Morgan fingerprint density at radius 3 is 1.29 bits per heavy atom. The first kappa shape index (κ1) is 32.0. The predicted molar refractivity (Wildman–Crippen MR) is 239 cm³/mol. The fourth-order valence-electron chi connectivity index (χ4n) is 8.74. The topological polar surface area (TPSA) is 8.17 Å². The lowest BCUT2D eigenvalue weighted by atomic mass is 9.94. The van der Waals surface area contributed by atoms with E-state index in [1.165, 1.54) is 76.4 Å². The summed E-state index contributed by atoms with van der Waals surface area (Å²) in [5.41, 5.74) is 11.7. The van der Waals surface area contributed by atoms with Crippen molar-refractivity contribution in [2.75, 3.05) is 4.90 Å². The third-order valence-electron chi connectivity index (χ3n) is 11.4. The van der Waals surface area contributed by atoms with Gasteiger partial charge in [0.25, 0.3) is 0 Å². The average Bonchev–Trinajstić information content (AvgIpc) is 3.62. The van der Waals surface area contributed by atoms with Gasteiger partial charge in [-0.3, -0.25) is 0 Å². The number of anilines is 3. The summed E-state index contributed by atoms with van der Waals surface area (Å²) in [5, 5.41) is 10.2. The van der Waals surface area contributed by atoms with Crippen LogP contribution in [-0.2, 0) is 0 Å². The lowest BCUT2D eigenvalue weighted by Crippen LogP contribution is -2.10. The van der Waals surface area contributed by atoms with E-state index in [1.807, 2.05) is 0 Å². The van der Waals surface area contributed by atoms with E-state index in [0.717, 1.165) is 22.7 Å². The van der Waals surface area contributed by atoms with Crippen molar-refractivity contribution >= 4 is 71.2 Å². The highest BCUT2D eigenvalue weighted by Gasteiger charge is 2.17. The second-order valence-corrected chi connectivity index (χ2v) is 14.5. The Labute approximate surface area is 325 Å². The molecule has 0 saturated heterocycles. The van der Waals surface area contributed by atoms with Gasteiger partial charge in [0.05, 0.1) is 11.0 Å². The number of rotatable bonds is 6. The van der Waals surface area contributed by atoms with E-state index in [0.29, 0.717) is 0 Å². The minimum absolute atomic E-state index is 1.10. The van der Waals surface area contributed by atoms with Crippen molar-refractivity contribution in [2.24, 2.45) is 0 Å². The van der Waals surface area contributed by atoms with Crippen molar-refractivity contribution in [3.8, 4) is 27.9 Å². The van der Waals surface area contributed by atoms with Gasteiger partial charge in [-0.2, -0.15) is 0 Å². The van der Waals surface area contributed by atoms with Crippen LogP contribution in [0, 0.1) is 0 Å². The van der Waals surface area contributed by atoms with E-state index in [-0.39, 0.29) is 0 Å². The van der Waals surface area contributed by atoms with Crippen molar-refractivity contribution < 1.29 is 0 Å². The van der Waals surface area contributed by atoms with E-state index in [9.17, 15) is 0 Å². The van der Waals surface area contributed by atoms with Crippen LogP contribution in [0.4, 0.5) is 17.1 Å². The number of hydrogen-bond acceptors (Lipinski definition) is 1. The Bertz CT molecular complexity index is 3140. The third-order valence-corrected chi connectivity index (χ3v) is 11.4. The van der Waals surface area contributed by atoms with Gasteiger partial charge in [-0.1, -0.05) is 158 Å². The van der Waals surface area contributed by atoms with Crippen LogP contribution in [0.2, 0.25) is 0 Å². The number of aromatic nitrogens is 1. The molecule has 2 nitrogen and oxygen atoms in total. The molecule has 0 fully saturated rings. The quantitative estimate of drug-likeness (QED) is 0.156. The summed E-state index contributed by atoms with van der Waals surface area (Å²) in [6, 6.07) is 79.4. The monoisotopic (exact) mass is 712 g/mol. The van der Waals surface area contributed by atoms with Gasteiger partial charge in [0.2, 0.25) is 0 Å². The molecule has 0 aliphatic carbocycles. The zero-order chi connectivity index (χ0) is 37.0. The smallest absolute Gasteiger partial charge is 0.0541 e. The van der Waals surface area contributed by atoms with Gasteiger partial charge in [0.1, 0.15) is 0 Å². The molecule has 0 saturated carbocycles. The van der Waals surface area contributed by atoms with Crippen LogP contribution in [0.5, 0.6) is 0 Å². The largest absolute Gasteiger partial charge is 0.310 e. The van der Waals surface area contributed by atoms with E-state index >= 15 is 0 Å². The Hall–Kier alpha value is -7.42. The average molecular weight is 713 g/mol. The van der Waals surface area contributed by atoms with Crippen LogP contribution in [0.25, 0.3) is 82.1 Å². The van der Waals surface area contributed by atoms with Crippen LogP contribution in [0.15, 0.2) is 218 Å². The first-order valence-electron chi connectivity index (χ1n) is 19.3. The lowest BCUT2D eigenvalue weighted by Gasteiger charge is -2.27. The predicted octanol–water partition coefficient (Wildman–Crippen LogP) is 15.0. The summed E-state index contributed by atoms with van der Waals surface area (Å²) in [5.74, 6) is 0. The van der Waals surface area contributed by atoms with Gasteiger partial charge in [-0.15, -0.1) is 0 Å². The number of para-hydroxylation sites is 2. The van der Waals surface area contributed by atoms with E-state index < -0.39 is 0 Å². The molecule has 0 bridgehead atoms. The molecule has 0 radical (unpaired) electrons. The molecule has 0 amide bonds. The minimum Gasteiger partial charge on any atom is -0.310 e. The highest BCUT2D eigenvalue weighted by molar-refractivity contribution is 6.25. The molecule has 0 unspecified atom stereocenters. The van der Waals surface area contributed by atoms with Crippen LogP contribution in [0.1, 0.15) is 0 Å². The Morgan fingerprint density at radius 2 is 0.679 bits per heavy atom. The Morgan fingerprint density at radius 1 is 0.250 bits per heavy atom. The molecular formula is C54H36N2. The number of benzene rings is 10. The van der Waals surface area contributed by atoms with Crippen molar-refractivity contribution in [2.45, 2.75) is 0 Å². The van der Waals surface area contributed by atoms with Crippen molar-refractivity contribution in [1.29, 1.82) is 0 Å². The van der Waals surface area contributed by atoms with Gasteiger partial charge >= 0.3 is 0 Å². The van der Waals surface area contributed by atoms with Crippen molar-refractivity contribution in [1.82, 2.24) is 4.57 Å². The first-order valence-corrected chi connectivity index (χ1v) is 19.3. The summed E-state index contributed by atoms with van der Waals surface area (Å²) in [4.78, 5) is 2.39. The minimum atomic E-state index is 1.10. The molecule has 10 aromatic carbocycles. The summed E-state index contributed by atoms with van der Waals surface area (Å²) < 4.78 is 2.37. The van der Waals surface area contributed by atoms with Crippen LogP contribution < -0.4 is 4.90 Å². The molecule has 1 heterocycles. The Kier molecular flexibility index (Phi) is 7.53. The molecular weight excluding hydrogens is 677 g/mol. The van der Waals surface area contributed by atoms with Crippen LogP contribution >= 0.6 is 0 Å². The molecule has 1 aromatic heterocycles. The number of hydrogen-bond donors (Lipinski definition) is 0. The molecule has 11 aromatic rings. The van der Waals surface area contributed by atoms with Crippen LogP contribution in [0.3, 0.4) is 0 Å². The van der Waals surface area contributed by atoms with Crippen molar-refractivity contribution in [3.63, 3.8) is 0 Å². The van der Waals surface area contributed by atoms with Gasteiger partial charge in [0.15, 0.2) is 0 Å².